The molecular weight excluding hydrogens is 195 g/mol. The Morgan fingerprint density at radius 2 is 2.20 bits per heavy atom. The van der Waals surface area contributed by atoms with Gasteiger partial charge in [-0.05, 0) is 18.6 Å². The zero-order chi connectivity index (χ0) is 11.1. The lowest BCUT2D eigenvalue weighted by Crippen LogP contribution is -2.24. The van der Waals surface area contributed by atoms with Crippen LogP contribution in [0.3, 0.4) is 0 Å². The highest BCUT2D eigenvalue weighted by molar-refractivity contribution is 5.89. The fourth-order valence-corrected chi connectivity index (χ4v) is 0.973. The molecule has 0 bridgehead atoms. The van der Waals surface area contributed by atoms with Gasteiger partial charge in [-0.1, -0.05) is 25.1 Å². The van der Waals surface area contributed by atoms with Crippen LogP contribution in [0.15, 0.2) is 36.5 Å². The highest BCUT2D eigenvalue weighted by atomic mass is 19.1. The number of amides is 2. The summed E-state index contributed by atoms with van der Waals surface area (Å²) in [5, 5.41) is 4.85. The molecule has 0 heterocycles. The molecule has 0 aromatic heterocycles. The Morgan fingerprint density at radius 3 is 2.87 bits per heavy atom. The molecule has 1 aromatic carbocycles. The molecule has 80 valence electrons. The lowest BCUT2D eigenvalue weighted by molar-refractivity contribution is 0.255. The number of benzene rings is 1. The Hall–Kier alpha value is -1.84. The van der Waals surface area contributed by atoms with E-state index in [9.17, 15) is 9.18 Å². The van der Waals surface area contributed by atoms with Gasteiger partial charge in [0.1, 0.15) is 5.82 Å². The third-order valence-electron chi connectivity index (χ3n) is 1.69. The number of hydrogen-bond acceptors (Lipinski definition) is 1. The zero-order valence-electron chi connectivity index (χ0n) is 8.46. The van der Waals surface area contributed by atoms with Gasteiger partial charge in [-0.3, -0.25) is 0 Å². The van der Waals surface area contributed by atoms with Crippen LogP contribution >= 0.6 is 0 Å². The molecule has 2 amide bonds. The summed E-state index contributed by atoms with van der Waals surface area (Å²) in [6.45, 7) is 1.95. The summed E-state index contributed by atoms with van der Waals surface area (Å²) in [6.07, 6.45) is 4.15. The molecule has 0 atom stereocenters. The van der Waals surface area contributed by atoms with Gasteiger partial charge in [0.15, 0.2) is 0 Å². The first-order valence-electron chi connectivity index (χ1n) is 4.71. The topological polar surface area (TPSA) is 41.1 Å². The predicted octanol–water partition coefficient (Wildman–Crippen LogP) is 2.87. The second-order valence-electron chi connectivity index (χ2n) is 2.89. The van der Waals surface area contributed by atoms with Crippen LogP contribution in [0.1, 0.15) is 13.3 Å². The largest absolute Gasteiger partial charge is 0.323 e. The number of anilines is 1. The summed E-state index contributed by atoms with van der Waals surface area (Å²) in [7, 11) is 0. The average Bonchev–Trinajstić information content (AvgIpc) is 2.22. The van der Waals surface area contributed by atoms with Crippen LogP contribution in [0.4, 0.5) is 14.9 Å². The van der Waals surface area contributed by atoms with E-state index in [-0.39, 0.29) is 5.69 Å². The Morgan fingerprint density at radius 1 is 1.47 bits per heavy atom. The molecule has 0 aliphatic carbocycles. The summed E-state index contributed by atoms with van der Waals surface area (Å²) in [5.41, 5.74) is 0.167. The van der Waals surface area contributed by atoms with Gasteiger partial charge >= 0.3 is 6.03 Å². The van der Waals surface area contributed by atoms with Crippen molar-refractivity contribution in [1.82, 2.24) is 5.32 Å². The molecule has 1 rings (SSSR count). The number of para-hydroxylation sites is 1. The summed E-state index contributed by atoms with van der Waals surface area (Å²) in [5.74, 6) is -0.452. The molecule has 0 saturated heterocycles. The van der Waals surface area contributed by atoms with Crippen molar-refractivity contribution in [2.24, 2.45) is 0 Å². The van der Waals surface area contributed by atoms with Crippen molar-refractivity contribution in [1.29, 1.82) is 0 Å². The molecule has 0 fully saturated rings. The number of rotatable bonds is 3. The normalized spacial score (nSPS) is 10.3. The first-order valence-corrected chi connectivity index (χ1v) is 4.71. The number of carbonyl (C=O) groups is 1. The van der Waals surface area contributed by atoms with E-state index in [1.54, 1.807) is 18.2 Å². The van der Waals surface area contributed by atoms with Crippen LogP contribution < -0.4 is 10.6 Å². The molecule has 0 spiro atoms. The number of allylic oxidation sites excluding steroid dienone is 1. The van der Waals surface area contributed by atoms with Gasteiger partial charge in [-0.15, -0.1) is 0 Å². The molecule has 2 N–H and O–H groups in total. The van der Waals surface area contributed by atoms with E-state index in [1.165, 1.54) is 18.3 Å². The van der Waals surface area contributed by atoms with E-state index in [0.717, 1.165) is 6.42 Å². The summed E-state index contributed by atoms with van der Waals surface area (Å²) >= 11 is 0. The third-order valence-corrected chi connectivity index (χ3v) is 1.69. The van der Waals surface area contributed by atoms with E-state index in [2.05, 4.69) is 10.6 Å². The maximum Gasteiger partial charge on any atom is 0.323 e. The minimum atomic E-state index is -0.454. The minimum absolute atomic E-state index is 0.167. The van der Waals surface area contributed by atoms with Crippen molar-refractivity contribution in [3.05, 3.63) is 42.4 Å². The van der Waals surface area contributed by atoms with Crippen LogP contribution in [0, 0.1) is 5.82 Å². The minimum Gasteiger partial charge on any atom is -0.315 e. The van der Waals surface area contributed by atoms with Crippen molar-refractivity contribution in [2.75, 3.05) is 5.32 Å². The van der Waals surface area contributed by atoms with Crippen LogP contribution in [0.25, 0.3) is 0 Å². The second-order valence-corrected chi connectivity index (χ2v) is 2.89. The van der Waals surface area contributed by atoms with Crippen molar-refractivity contribution in [2.45, 2.75) is 13.3 Å². The number of halogens is 1. The fraction of sp³-hybridized carbons (Fsp3) is 0.182. The number of hydrogen-bond donors (Lipinski definition) is 2. The predicted molar refractivity (Wildman–Crippen MR) is 58.0 cm³/mol. The fourth-order valence-electron chi connectivity index (χ4n) is 0.973. The van der Waals surface area contributed by atoms with E-state index in [0.29, 0.717) is 0 Å². The molecule has 3 nitrogen and oxygen atoms in total. The second kappa shape index (κ2) is 5.80. The van der Waals surface area contributed by atoms with E-state index in [4.69, 9.17) is 0 Å². The standard InChI is InChI=1S/C11H13FN2O/c1-2-3-8-13-11(15)14-10-7-5-4-6-9(10)12/h3-8H,2H2,1H3,(H2,13,14,15)/b8-3+. The molecule has 0 aliphatic heterocycles. The molecule has 1 aromatic rings. The number of carbonyl (C=O) groups excluding carboxylic acids is 1. The van der Waals surface area contributed by atoms with E-state index in [1.807, 2.05) is 6.92 Å². The van der Waals surface area contributed by atoms with Crippen LogP contribution in [-0.2, 0) is 0 Å². The van der Waals surface area contributed by atoms with Gasteiger partial charge in [0, 0.05) is 6.20 Å². The highest BCUT2D eigenvalue weighted by Crippen LogP contribution is 2.11. The molecule has 0 saturated carbocycles. The Balaban J connectivity index is 2.52. The average molecular weight is 208 g/mol. The van der Waals surface area contributed by atoms with Crippen molar-refractivity contribution in [3.8, 4) is 0 Å². The van der Waals surface area contributed by atoms with Gasteiger partial charge in [0.25, 0.3) is 0 Å². The maximum atomic E-state index is 13.1. The third kappa shape index (κ3) is 3.81. The Labute approximate surface area is 88.0 Å². The van der Waals surface area contributed by atoms with Gasteiger partial charge < -0.3 is 10.6 Å². The lowest BCUT2D eigenvalue weighted by atomic mass is 10.3. The van der Waals surface area contributed by atoms with E-state index < -0.39 is 11.8 Å². The van der Waals surface area contributed by atoms with Gasteiger partial charge in [0.05, 0.1) is 5.69 Å². The summed E-state index contributed by atoms with van der Waals surface area (Å²) in [6, 6.07) is 5.55. The highest BCUT2D eigenvalue weighted by Gasteiger charge is 2.03. The SMILES string of the molecule is CC/C=C/NC(=O)Nc1ccccc1F. The Kier molecular flexibility index (Phi) is 4.34. The molecule has 15 heavy (non-hydrogen) atoms. The van der Waals surface area contributed by atoms with E-state index >= 15 is 0 Å². The quantitative estimate of drug-likeness (QED) is 0.787. The monoisotopic (exact) mass is 208 g/mol. The maximum absolute atomic E-state index is 13.1. The van der Waals surface area contributed by atoms with Crippen LogP contribution in [-0.4, -0.2) is 6.03 Å². The van der Waals surface area contributed by atoms with Gasteiger partial charge in [-0.25, -0.2) is 9.18 Å². The summed E-state index contributed by atoms with van der Waals surface area (Å²) < 4.78 is 13.1. The molecule has 0 radical (unpaired) electrons. The molecule has 0 aliphatic rings. The molecule has 4 heteroatoms. The number of nitrogens with one attached hydrogen (secondary N) is 2. The van der Waals surface area contributed by atoms with Crippen molar-refractivity contribution in [3.63, 3.8) is 0 Å². The first-order chi connectivity index (χ1) is 7.24. The van der Waals surface area contributed by atoms with Crippen molar-refractivity contribution >= 4 is 11.7 Å². The van der Waals surface area contributed by atoms with Crippen LogP contribution in [0.2, 0.25) is 0 Å². The van der Waals surface area contributed by atoms with Gasteiger partial charge in [0.2, 0.25) is 0 Å². The number of urea groups is 1. The lowest BCUT2D eigenvalue weighted by Gasteiger charge is -2.04. The first kappa shape index (κ1) is 11.2. The molecular formula is C11H13FN2O. The smallest absolute Gasteiger partial charge is 0.315 e. The zero-order valence-corrected chi connectivity index (χ0v) is 8.46. The molecule has 0 unspecified atom stereocenters. The Bertz CT molecular complexity index is 363. The van der Waals surface area contributed by atoms with Gasteiger partial charge in [-0.2, -0.15) is 0 Å². The van der Waals surface area contributed by atoms with Crippen LogP contribution in [0.5, 0.6) is 0 Å². The van der Waals surface area contributed by atoms with Crippen molar-refractivity contribution < 1.29 is 9.18 Å². The summed E-state index contributed by atoms with van der Waals surface area (Å²) in [4.78, 5) is 11.2.